The largest absolute Gasteiger partial charge is 0.473 e. The molecule has 0 saturated carbocycles. The summed E-state index contributed by atoms with van der Waals surface area (Å²) >= 11 is 0. The maximum Gasteiger partial charge on any atom is 0.266 e. The minimum absolute atomic E-state index is 0.569. The van der Waals surface area contributed by atoms with E-state index in [-0.39, 0.29) is 0 Å². The van der Waals surface area contributed by atoms with E-state index in [0.717, 1.165) is 0 Å². The van der Waals surface area contributed by atoms with Crippen LogP contribution in [0.25, 0.3) is 11.0 Å². The lowest BCUT2D eigenvalue weighted by Gasteiger charge is -2.27. The van der Waals surface area contributed by atoms with Crippen LogP contribution in [0.4, 0.5) is 0 Å². The lowest BCUT2D eigenvalue weighted by molar-refractivity contribution is -0.132. The predicted octanol–water partition coefficient (Wildman–Crippen LogP) is 1.74. The predicted molar refractivity (Wildman–Crippen MR) is 77.5 cm³/mol. The smallest absolute Gasteiger partial charge is 0.266 e. The van der Waals surface area contributed by atoms with Gasteiger partial charge in [0.25, 0.3) is 5.91 Å². The molecular weight excluding hydrogens is 268 g/mol. The number of para-hydroxylation sites is 1. The highest BCUT2D eigenvalue weighted by Crippen LogP contribution is 2.29. The molecule has 106 valence electrons. The van der Waals surface area contributed by atoms with Crippen LogP contribution in [-0.4, -0.2) is 21.3 Å². The summed E-state index contributed by atoms with van der Waals surface area (Å²) in [7, 11) is 0. The quantitative estimate of drug-likeness (QED) is 0.762. The van der Waals surface area contributed by atoms with Crippen molar-refractivity contribution in [2.24, 2.45) is 5.73 Å². The minimum atomic E-state index is -1.28. The van der Waals surface area contributed by atoms with Crippen molar-refractivity contribution in [3.05, 3.63) is 54.1 Å². The summed E-state index contributed by atoms with van der Waals surface area (Å²) < 4.78 is 5.84. The second kappa shape index (κ2) is 4.90. The van der Waals surface area contributed by atoms with E-state index in [1.54, 1.807) is 37.3 Å². The van der Waals surface area contributed by atoms with Crippen LogP contribution in [0.5, 0.6) is 5.75 Å². The van der Waals surface area contributed by atoms with Gasteiger partial charge in [-0.15, -0.1) is 0 Å². The number of carbonyl (C=O) groups excluding carboxylic acids is 1. The molecule has 6 nitrogen and oxygen atoms in total. The number of ether oxygens (including phenoxy) is 1. The molecule has 3 aromatic rings. The highest BCUT2D eigenvalue weighted by Gasteiger charge is 2.36. The van der Waals surface area contributed by atoms with E-state index in [4.69, 9.17) is 10.5 Å². The molecule has 0 spiro atoms. The maximum atomic E-state index is 12.0. The van der Waals surface area contributed by atoms with Gasteiger partial charge in [-0.2, -0.15) is 15.4 Å². The number of primary amides is 1. The summed E-state index contributed by atoms with van der Waals surface area (Å²) in [6.45, 7) is 1.64. The normalized spacial score (nSPS) is 13.8. The van der Waals surface area contributed by atoms with Crippen LogP contribution in [0.1, 0.15) is 12.5 Å². The fourth-order valence-corrected chi connectivity index (χ4v) is 2.11. The van der Waals surface area contributed by atoms with Crippen LogP contribution in [0.15, 0.2) is 48.5 Å². The van der Waals surface area contributed by atoms with E-state index in [9.17, 15) is 4.79 Å². The molecule has 0 bridgehead atoms. The number of hydrogen-bond donors (Lipinski definition) is 2. The topological polar surface area (TPSA) is 93.9 Å². The number of nitrogens with one attached hydrogen (secondary N) is 1. The molecule has 1 unspecified atom stereocenters. The SMILES string of the molecule is CC(Oc1ccccc1)(C(N)=O)c1ccc2n[nH]nc2c1. The Balaban J connectivity index is 2.05. The Bertz CT molecular complexity index is 784. The molecule has 1 heterocycles. The van der Waals surface area contributed by atoms with Crippen LogP contribution in [0, 0.1) is 0 Å². The van der Waals surface area contributed by atoms with E-state index in [0.29, 0.717) is 22.3 Å². The number of amides is 1. The molecular formula is C15H14N4O2. The fourth-order valence-electron chi connectivity index (χ4n) is 2.11. The third-order valence-corrected chi connectivity index (χ3v) is 3.40. The molecule has 1 aromatic heterocycles. The molecule has 0 aliphatic carbocycles. The maximum absolute atomic E-state index is 12.0. The first kappa shape index (κ1) is 13.1. The van der Waals surface area contributed by atoms with Crippen LogP contribution in [-0.2, 0) is 10.4 Å². The Morgan fingerprint density at radius 3 is 2.57 bits per heavy atom. The minimum Gasteiger partial charge on any atom is -0.473 e. The van der Waals surface area contributed by atoms with Gasteiger partial charge in [0.05, 0.1) is 0 Å². The monoisotopic (exact) mass is 282 g/mol. The Labute approximate surface area is 120 Å². The van der Waals surface area contributed by atoms with Crippen molar-refractivity contribution in [1.82, 2.24) is 15.4 Å². The zero-order valence-electron chi connectivity index (χ0n) is 11.4. The number of nitrogens with two attached hydrogens (primary N) is 1. The van der Waals surface area contributed by atoms with E-state index < -0.39 is 11.5 Å². The van der Waals surface area contributed by atoms with Gasteiger partial charge in [-0.1, -0.05) is 24.3 Å². The lowest BCUT2D eigenvalue weighted by Crippen LogP contribution is -2.43. The number of H-pyrrole nitrogens is 1. The summed E-state index contributed by atoms with van der Waals surface area (Å²) in [5.74, 6) is -0.00625. The van der Waals surface area contributed by atoms with E-state index in [1.807, 2.05) is 18.2 Å². The third kappa shape index (κ3) is 2.31. The number of rotatable bonds is 4. The Morgan fingerprint density at radius 1 is 1.14 bits per heavy atom. The van der Waals surface area contributed by atoms with Crippen LogP contribution < -0.4 is 10.5 Å². The van der Waals surface area contributed by atoms with Crippen molar-refractivity contribution in [2.75, 3.05) is 0 Å². The van der Waals surface area contributed by atoms with E-state index >= 15 is 0 Å². The van der Waals surface area contributed by atoms with Gasteiger partial charge in [0.2, 0.25) is 5.60 Å². The Hall–Kier alpha value is -2.89. The summed E-state index contributed by atoms with van der Waals surface area (Å²) in [6.07, 6.45) is 0. The molecule has 2 aromatic carbocycles. The molecule has 6 heteroatoms. The van der Waals surface area contributed by atoms with Gasteiger partial charge >= 0.3 is 0 Å². The summed E-state index contributed by atoms with van der Waals surface area (Å²) in [5, 5.41) is 10.5. The molecule has 0 radical (unpaired) electrons. The molecule has 1 amide bonds. The summed E-state index contributed by atoms with van der Waals surface area (Å²) in [4.78, 5) is 12.0. The molecule has 0 saturated heterocycles. The molecule has 0 aliphatic rings. The van der Waals surface area contributed by atoms with Crippen LogP contribution in [0.3, 0.4) is 0 Å². The van der Waals surface area contributed by atoms with Crippen molar-refractivity contribution in [1.29, 1.82) is 0 Å². The molecule has 1 atom stereocenters. The zero-order chi connectivity index (χ0) is 14.9. The van der Waals surface area contributed by atoms with Gasteiger partial charge in [0.15, 0.2) is 0 Å². The van der Waals surface area contributed by atoms with Gasteiger partial charge in [0, 0.05) is 5.56 Å². The number of nitrogens with zero attached hydrogens (tertiary/aromatic N) is 2. The van der Waals surface area contributed by atoms with Gasteiger partial charge < -0.3 is 10.5 Å². The van der Waals surface area contributed by atoms with Gasteiger partial charge in [-0.05, 0) is 31.2 Å². The Kier molecular flexibility index (Phi) is 3.06. The van der Waals surface area contributed by atoms with Crippen molar-refractivity contribution in [3.8, 4) is 5.75 Å². The number of benzene rings is 2. The molecule has 3 rings (SSSR count). The first-order chi connectivity index (χ1) is 10.1. The number of aromatic nitrogens is 3. The Morgan fingerprint density at radius 2 is 1.86 bits per heavy atom. The highest BCUT2D eigenvalue weighted by molar-refractivity contribution is 5.86. The molecule has 21 heavy (non-hydrogen) atoms. The highest BCUT2D eigenvalue weighted by atomic mass is 16.5. The second-order valence-corrected chi connectivity index (χ2v) is 4.84. The average molecular weight is 282 g/mol. The summed E-state index contributed by atoms with van der Waals surface area (Å²) in [5.41, 5.74) is 6.27. The first-order valence-corrected chi connectivity index (χ1v) is 6.44. The summed E-state index contributed by atoms with van der Waals surface area (Å²) in [6, 6.07) is 14.4. The average Bonchev–Trinajstić information content (AvgIpc) is 2.95. The van der Waals surface area contributed by atoms with Crippen LogP contribution in [0.2, 0.25) is 0 Å². The van der Waals surface area contributed by atoms with E-state index in [2.05, 4.69) is 15.4 Å². The van der Waals surface area contributed by atoms with Crippen molar-refractivity contribution >= 4 is 16.9 Å². The van der Waals surface area contributed by atoms with Crippen molar-refractivity contribution in [2.45, 2.75) is 12.5 Å². The zero-order valence-corrected chi connectivity index (χ0v) is 11.4. The van der Waals surface area contributed by atoms with Crippen LogP contribution >= 0.6 is 0 Å². The molecule has 0 fully saturated rings. The molecule has 3 N–H and O–H groups in total. The van der Waals surface area contributed by atoms with Gasteiger partial charge in [-0.3, -0.25) is 4.79 Å². The number of hydrogen-bond acceptors (Lipinski definition) is 4. The molecule has 0 aliphatic heterocycles. The first-order valence-electron chi connectivity index (χ1n) is 6.44. The fraction of sp³-hybridized carbons (Fsp3) is 0.133. The second-order valence-electron chi connectivity index (χ2n) is 4.84. The van der Waals surface area contributed by atoms with Crippen molar-refractivity contribution in [3.63, 3.8) is 0 Å². The number of fused-ring (bicyclic) bond motifs is 1. The van der Waals surface area contributed by atoms with E-state index in [1.165, 1.54) is 0 Å². The standard InChI is InChI=1S/C15H14N4O2/c1-15(14(16)20,21-11-5-3-2-4-6-11)10-7-8-12-13(9-10)18-19-17-12/h2-9H,1H3,(H2,16,20)(H,17,18,19). The number of aromatic amines is 1. The van der Waals surface area contributed by atoms with Gasteiger partial charge in [0.1, 0.15) is 16.8 Å². The third-order valence-electron chi connectivity index (χ3n) is 3.40. The number of carbonyl (C=O) groups is 1. The van der Waals surface area contributed by atoms with Gasteiger partial charge in [-0.25, -0.2) is 0 Å². The lowest BCUT2D eigenvalue weighted by atomic mass is 9.94. The van der Waals surface area contributed by atoms with Crippen molar-refractivity contribution < 1.29 is 9.53 Å².